The van der Waals surface area contributed by atoms with E-state index >= 15 is 0 Å². The highest BCUT2D eigenvalue weighted by atomic mass is 32.1. The Labute approximate surface area is 209 Å². The van der Waals surface area contributed by atoms with Crippen LogP contribution in [0.25, 0.3) is 0 Å². The standard InChI is InChI=1S/C29H27N3O2S/c1-28(26(33)32-27-31-19(16-35-27)15-18-11-13-20(34-2)14-12-18)17-29(30)23-9-5-3-7-21(23)25(28)22-8-4-6-10-24(22)29/h3-14,16,25H,15,17,30H2,1-2H3,(H,31,32,33). The molecule has 2 bridgehead atoms. The van der Waals surface area contributed by atoms with E-state index in [9.17, 15) is 4.79 Å². The molecule has 3 aliphatic carbocycles. The maximum atomic E-state index is 13.9. The quantitative estimate of drug-likeness (QED) is 0.398. The zero-order valence-corrected chi connectivity index (χ0v) is 20.6. The predicted octanol–water partition coefficient (Wildman–Crippen LogP) is 5.44. The molecule has 7 rings (SSSR count). The van der Waals surface area contributed by atoms with Crippen LogP contribution in [-0.2, 0) is 16.8 Å². The van der Waals surface area contributed by atoms with Crippen LogP contribution in [0.5, 0.6) is 5.75 Å². The van der Waals surface area contributed by atoms with Gasteiger partial charge in [0.2, 0.25) is 5.91 Å². The van der Waals surface area contributed by atoms with E-state index in [1.165, 1.54) is 11.3 Å². The van der Waals surface area contributed by atoms with Crippen LogP contribution in [-0.4, -0.2) is 18.0 Å². The predicted molar refractivity (Wildman–Crippen MR) is 139 cm³/mol. The van der Waals surface area contributed by atoms with Gasteiger partial charge in [0, 0.05) is 17.7 Å². The molecule has 176 valence electrons. The van der Waals surface area contributed by atoms with Crippen molar-refractivity contribution in [3.63, 3.8) is 0 Å². The van der Waals surface area contributed by atoms with Gasteiger partial charge < -0.3 is 15.8 Å². The highest BCUT2D eigenvalue weighted by molar-refractivity contribution is 7.13. The highest BCUT2D eigenvalue weighted by Crippen LogP contribution is 2.61. The van der Waals surface area contributed by atoms with Gasteiger partial charge in [0.15, 0.2) is 5.13 Å². The van der Waals surface area contributed by atoms with Crippen molar-refractivity contribution in [3.8, 4) is 5.75 Å². The number of nitrogens with one attached hydrogen (secondary N) is 1. The topological polar surface area (TPSA) is 77.2 Å². The molecule has 1 amide bonds. The molecular weight excluding hydrogens is 454 g/mol. The molecule has 6 heteroatoms. The first-order valence-electron chi connectivity index (χ1n) is 11.8. The zero-order chi connectivity index (χ0) is 24.2. The summed E-state index contributed by atoms with van der Waals surface area (Å²) in [6, 6.07) is 24.6. The van der Waals surface area contributed by atoms with Crippen molar-refractivity contribution >= 4 is 22.4 Å². The molecule has 0 fully saturated rings. The van der Waals surface area contributed by atoms with Crippen LogP contribution in [0, 0.1) is 5.41 Å². The Morgan fingerprint density at radius 3 is 2.31 bits per heavy atom. The van der Waals surface area contributed by atoms with E-state index in [4.69, 9.17) is 15.5 Å². The third kappa shape index (κ3) is 3.39. The fraction of sp³-hybridized carbons (Fsp3) is 0.241. The van der Waals surface area contributed by atoms with E-state index in [0.717, 1.165) is 39.3 Å². The summed E-state index contributed by atoms with van der Waals surface area (Å²) in [5.74, 6) is 0.738. The first-order chi connectivity index (χ1) is 16.9. The lowest BCUT2D eigenvalue weighted by Crippen LogP contribution is -2.57. The van der Waals surface area contributed by atoms with Gasteiger partial charge in [-0.3, -0.25) is 4.79 Å². The Balaban J connectivity index is 1.29. The summed E-state index contributed by atoms with van der Waals surface area (Å²) in [4.78, 5) is 18.6. The minimum absolute atomic E-state index is 0.0355. The second-order valence-corrected chi connectivity index (χ2v) is 10.7. The number of methoxy groups -OCH3 is 1. The number of carbonyl (C=O) groups excluding carboxylic acids is 1. The summed E-state index contributed by atoms with van der Waals surface area (Å²) < 4.78 is 5.24. The van der Waals surface area contributed by atoms with Gasteiger partial charge in [-0.1, -0.05) is 60.7 Å². The molecular formula is C29H27N3O2S. The van der Waals surface area contributed by atoms with Crippen molar-refractivity contribution < 1.29 is 9.53 Å². The zero-order valence-electron chi connectivity index (χ0n) is 19.7. The van der Waals surface area contributed by atoms with Gasteiger partial charge in [-0.05, 0) is 53.3 Å². The number of nitrogens with two attached hydrogens (primary N) is 1. The molecule has 0 radical (unpaired) electrons. The Kier molecular flexibility index (Phi) is 5.06. The molecule has 1 aromatic heterocycles. The number of nitrogens with zero attached hydrogens (tertiary/aromatic N) is 1. The second kappa shape index (κ2) is 8.04. The summed E-state index contributed by atoms with van der Waals surface area (Å²) >= 11 is 1.46. The van der Waals surface area contributed by atoms with Crippen LogP contribution in [0.1, 0.15) is 52.8 Å². The Bertz CT molecular complexity index is 1380. The lowest BCUT2D eigenvalue weighted by atomic mass is 9.49. The minimum atomic E-state index is -0.698. The van der Waals surface area contributed by atoms with Gasteiger partial charge in [-0.25, -0.2) is 4.98 Å². The van der Waals surface area contributed by atoms with E-state index in [1.807, 2.05) is 60.8 Å². The maximum absolute atomic E-state index is 13.9. The molecule has 0 saturated carbocycles. The number of anilines is 1. The van der Waals surface area contributed by atoms with Gasteiger partial charge >= 0.3 is 0 Å². The second-order valence-electron chi connectivity index (χ2n) is 9.80. The molecule has 3 N–H and O–H groups in total. The summed E-state index contributed by atoms with van der Waals surface area (Å²) in [6.07, 6.45) is 1.25. The lowest BCUT2D eigenvalue weighted by molar-refractivity contribution is -0.127. The number of carbonyl (C=O) groups is 1. The molecule has 1 atom stereocenters. The van der Waals surface area contributed by atoms with Gasteiger partial charge in [0.1, 0.15) is 5.75 Å². The van der Waals surface area contributed by atoms with E-state index in [1.54, 1.807) is 7.11 Å². The van der Waals surface area contributed by atoms with Crippen molar-refractivity contribution in [3.05, 3.63) is 112 Å². The SMILES string of the molecule is COc1ccc(Cc2csc(NC(=O)C3(C)CC4(N)c5ccccc5C3c3ccccc34)n2)cc1. The molecule has 35 heavy (non-hydrogen) atoms. The van der Waals surface area contributed by atoms with Gasteiger partial charge in [0.05, 0.1) is 23.8 Å². The minimum Gasteiger partial charge on any atom is -0.497 e. The molecule has 3 aliphatic rings. The molecule has 4 aromatic rings. The summed E-state index contributed by atoms with van der Waals surface area (Å²) in [7, 11) is 1.66. The van der Waals surface area contributed by atoms with Crippen molar-refractivity contribution in [2.45, 2.75) is 31.2 Å². The normalized spacial score (nSPS) is 23.9. The fourth-order valence-corrected chi connectivity index (χ4v) is 6.74. The number of ether oxygens (including phenoxy) is 1. The number of hydrogen-bond acceptors (Lipinski definition) is 5. The van der Waals surface area contributed by atoms with Crippen molar-refractivity contribution in [2.75, 3.05) is 12.4 Å². The molecule has 0 spiro atoms. The van der Waals surface area contributed by atoms with Gasteiger partial charge in [-0.15, -0.1) is 11.3 Å². The average Bonchev–Trinajstić information content (AvgIpc) is 3.31. The van der Waals surface area contributed by atoms with Gasteiger partial charge in [0.25, 0.3) is 0 Å². The number of amides is 1. The first kappa shape index (κ1) is 22.0. The number of benzene rings is 3. The molecule has 0 aliphatic heterocycles. The number of fused-ring (bicyclic) bond motifs is 1. The third-order valence-corrected chi connectivity index (χ3v) is 8.43. The Hall–Kier alpha value is -3.48. The fourth-order valence-electron chi connectivity index (χ4n) is 6.03. The molecule has 1 unspecified atom stereocenters. The largest absolute Gasteiger partial charge is 0.497 e. The van der Waals surface area contributed by atoms with Crippen LogP contribution in [0.4, 0.5) is 5.13 Å². The van der Waals surface area contributed by atoms with Crippen molar-refractivity contribution in [1.29, 1.82) is 0 Å². The molecule has 1 heterocycles. The van der Waals surface area contributed by atoms with Crippen LogP contribution < -0.4 is 15.8 Å². The summed E-state index contributed by atoms with van der Waals surface area (Å²) in [5.41, 5.74) is 12.4. The van der Waals surface area contributed by atoms with E-state index in [2.05, 4.69) is 29.6 Å². The van der Waals surface area contributed by atoms with E-state index in [-0.39, 0.29) is 11.8 Å². The van der Waals surface area contributed by atoms with Crippen LogP contribution in [0.3, 0.4) is 0 Å². The number of thiazole rings is 1. The number of hydrogen-bond donors (Lipinski definition) is 2. The summed E-state index contributed by atoms with van der Waals surface area (Å²) in [5, 5.41) is 5.76. The van der Waals surface area contributed by atoms with Crippen LogP contribution in [0.2, 0.25) is 0 Å². The van der Waals surface area contributed by atoms with Gasteiger partial charge in [-0.2, -0.15) is 0 Å². The summed E-state index contributed by atoms with van der Waals surface area (Å²) in [6.45, 7) is 2.05. The smallest absolute Gasteiger partial charge is 0.233 e. The average molecular weight is 482 g/mol. The molecule has 5 nitrogen and oxygen atoms in total. The maximum Gasteiger partial charge on any atom is 0.233 e. The van der Waals surface area contributed by atoms with E-state index < -0.39 is 11.0 Å². The van der Waals surface area contributed by atoms with Crippen LogP contribution in [0.15, 0.2) is 78.2 Å². The molecule has 0 saturated heterocycles. The Morgan fingerprint density at radius 2 is 1.69 bits per heavy atom. The molecule has 3 aromatic carbocycles. The third-order valence-electron chi connectivity index (χ3n) is 7.62. The lowest BCUT2D eigenvalue weighted by Gasteiger charge is -2.55. The van der Waals surface area contributed by atoms with Crippen molar-refractivity contribution in [1.82, 2.24) is 4.98 Å². The first-order valence-corrected chi connectivity index (χ1v) is 12.7. The highest BCUT2D eigenvalue weighted by Gasteiger charge is 2.59. The number of rotatable bonds is 5. The number of aromatic nitrogens is 1. The Morgan fingerprint density at radius 1 is 1.06 bits per heavy atom. The van der Waals surface area contributed by atoms with Crippen LogP contribution >= 0.6 is 11.3 Å². The van der Waals surface area contributed by atoms with E-state index in [0.29, 0.717) is 18.0 Å². The van der Waals surface area contributed by atoms with Crippen molar-refractivity contribution in [2.24, 2.45) is 11.1 Å². The monoisotopic (exact) mass is 481 g/mol.